The first-order chi connectivity index (χ1) is 9.28. The van der Waals surface area contributed by atoms with E-state index < -0.39 is 14.9 Å². The van der Waals surface area contributed by atoms with Crippen molar-refractivity contribution in [2.45, 2.75) is 3.92 Å². The monoisotopic (exact) mass is 340 g/mol. The molecule has 1 aliphatic rings. The number of hydrogen-bond donors (Lipinski definition) is 1. The topological polar surface area (TPSA) is 78.7 Å². The lowest BCUT2D eigenvalue weighted by Crippen LogP contribution is -2.31. The van der Waals surface area contributed by atoms with Crippen LogP contribution in [0.5, 0.6) is 0 Å². The van der Waals surface area contributed by atoms with Gasteiger partial charge in [-0.25, -0.2) is 4.79 Å². The van der Waals surface area contributed by atoms with Gasteiger partial charge in [-0.2, -0.15) is 14.2 Å². The molecule has 0 atom stereocenters. The number of halogens is 3. The van der Waals surface area contributed by atoms with Gasteiger partial charge in [0.15, 0.2) is 0 Å². The number of nitro benzene ring substituents is 1. The largest absolute Gasteiger partial charge is 0.350 e. The molecule has 1 N–H and O–H groups in total. The fourth-order valence-corrected chi connectivity index (χ4v) is 2.43. The van der Waals surface area contributed by atoms with Gasteiger partial charge in [0.25, 0.3) is 5.69 Å². The lowest BCUT2D eigenvalue weighted by Gasteiger charge is -2.18. The summed E-state index contributed by atoms with van der Waals surface area (Å²) in [5, 5.41) is 10.5. The number of urea groups is 1. The fourth-order valence-electron chi connectivity index (χ4n) is 1.51. The molecule has 1 saturated heterocycles. The Morgan fingerprint density at radius 2 is 2.00 bits per heavy atom. The number of rotatable bonds is 4. The maximum absolute atomic E-state index is 13.1. The van der Waals surface area contributed by atoms with E-state index in [1.165, 1.54) is 29.2 Å². The minimum atomic E-state index is -2.64. The second kappa shape index (κ2) is 5.60. The number of benzene rings is 1. The molecule has 0 spiro atoms. The van der Waals surface area contributed by atoms with Crippen molar-refractivity contribution in [2.24, 2.45) is 0 Å². The first kappa shape index (κ1) is 15.1. The van der Waals surface area contributed by atoms with E-state index >= 15 is 0 Å². The third kappa shape index (κ3) is 3.42. The zero-order valence-corrected chi connectivity index (χ0v) is 12.0. The molecule has 0 radical (unpaired) electrons. The van der Waals surface area contributed by atoms with Crippen molar-refractivity contribution >= 4 is 52.6 Å². The molecule has 11 heteroatoms. The summed E-state index contributed by atoms with van der Waals surface area (Å²) in [6.45, 7) is 0.0630. The second-order valence-corrected chi connectivity index (χ2v) is 6.43. The molecule has 2 rings (SSSR count). The number of nitrogens with zero attached hydrogens (tertiary/aromatic N) is 3. The Morgan fingerprint density at radius 3 is 2.50 bits per heavy atom. The van der Waals surface area contributed by atoms with E-state index in [0.717, 1.165) is 4.41 Å². The summed E-state index contributed by atoms with van der Waals surface area (Å²) in [6.07, 6.45) is 0. The van der Waals surface area contributed by atoms with Gasteiger partial charge in [0, 0.05) is 29.8 Å². The van der Waals surface area contributed by atoms with Crippen molar-refractivity contribution in [3.8, 4) is 0 Å². The second-order valence-electron chi connectivity index (χ2n) is 3.63. The van der Waals surface area contributed by atoms with Crippen LogP contribution in [-0.4, -0.2) is 26.0 Å². The van der Waals surface area contributed by atoms with Crippen LogP contribution in [0.15, 0.2) is 24.3 Å². The highest BCUT2D eigenvalue weighted by Gasteiger charge is 2.37. The maximum atomic E-state index is 13.1. The zero-order valence-electron chi connectivity index (χ0n) is 9.63. The molecule has 0 saturated carbocycles. The van der Waals surface area contributed by atoms with Crippen LogP contribution < -0.4 is 10.3 Å². The van der Waals surface area contributed by atoms with Gasteiger partial charge < -0.3 is 0 Å². The van der Waals surface area contributed by atoms with Crippen molar-refractivity contribution in [3.05, 3.63) is 34.4 Å². The van der Waals surface area contributed by atoms with Crippen molar-refractivity contribution in [1.29, 1.82) is 0 Å². The standard InChI is InChI=1S/C9H7Cl2FN4O3S/c10-9(11,12)20-15-8(17)14(5-13-15)6-1-3-7(4-2-6)16(18)19/h1-4,13H,5H2. The van der Waals surface area contributed by atoms with Gasteiger partial charge in [-0.05, 0) is 12.1 Å². The van der Waals surface area contributed by atoms with Gasteiger partial charge in [0.1, 0.15) is 0 Å². The maximum Gasteiger partial charge on any atom is 0.350 e. The minimum Gasteiger partial charge on any atom is -0.278 e. The van der Waals surface area contributed by atoms with Crippen LogP contribution in [-0.2, 0) is 0 Å². The van der Waals surface area contributed by atoms with E-state index in [-0.39, 0.29) is 24.3 Å². The molecule has 1 aliphatic heterocycles. The van der Waals surface area contributed by atoms with Gasteiger partial charge in [-0.3, -0.25) is 15.0 Å². The first-order valence-electron chi connectivity index (χ1n) is 5.13. The lowest BCUT2D eigenvalue weighted by molar-refractivity contribution is -0.384. The van der Waals surface area contributed by atoms with Gasteiger partial charge in [0.2, 0.25) is 0 Å². The molecule has 0 aromatic heterocycles. The molecule has 108 valence electrons. The number of hydrazine groups is 1. The van der Waals surface area contributed by atoms with E-state index in [2.05, 4.69) is 5.43 Å². The Kier molecular flexibility index (Phi) is 4.23. The Morgan fingerprint density at radius 1 is 1.40 bits per heavy atom. The summed E-state index contributed by atoms with van der Waals surface area (Å²) < 4.78 is 11.3. The number of hydrogen-bond acceptors (Lipinski definition) is 5. The van der Waals surface area contributed by atoms with Gasteiger partial charge in [0.05, 0.1) is 11.6 Å². The van der Waals surface area contributed by atoms with E-state index in [0.29, 0.717) is 5.69 Å². The molecular weight excluding hydrogens is 334 g/mol. The van der Waals surface area contributed by atoms with Gasteiger partial charge >= 0.3 is 9.95 Å². The summed E-state index contributed by atoms with van der Waals surface area (Å²) >= 11 is 10.6. The van der Waals surface area contributed by atoms with E-state index in [9.17, 15) is 19.3 Å². The molecule has 1 heterocycles. The number of carbonyl (C=O) groups excluding carboxylic acids is 1. The number of alkyl halides is 3. The fraction of sp³-hybridized carbons (Fsp3) is 0.222. The van der Waals surface area contributed by atoms with Crippen molar-refractivity contribution in [3.63, 3.8) is 0 Å². The molecule has 1 aromatic carbocycles. The molecular formula is C9H7Cl2FN4O3S. The average Bonchev–Trinajstić information content (AvgIpc) is 2.69. The minimum absolute atomic E-state index is 0.0630. The predicted octanol–water partition coefficient (Wildman–Crippen LogP) is 3.01. The third-order valence-electron chi connectivity index (χ3n) is 2.34. The number of anilines is 1. The highest BCUT2D eigenvalue weighted by atomic mass is 35.5. The predicted molar refractivity (Wildman–Crippen MR) is 73.9 cm³/mol. The number of non-ortho nitro benzene ring substituents is 1. The lowest BCUT2D eigenvalue weighted by atomic mass is 10.2. The smallest absolute Gasteiger partial charge is 0.278 e. The zero-order chi connectivity index (χ0) is 14.9. The SMILES string of the molecule is O=C1N(SC(F)(Cl)Cl)NCN1c1ccc([N+](=O)[O-])cc1. The van der Waals surface area contributed by atoms with Crippen LogP contribution in [0.2, 0.25) is 0 Å². The summed E-state index contributed by atoms with van der Waals surface area (Å²) in [5.41, 5.74) is 2.91. The Bertz CT molecular complexity index is 539. The summed E-state index contributed by atoms with van der Waals surface area (Å²) in [5.74, 6) is 0. The van der Waals surface area contributed by atoms with Crippen molar-refractivity contribution in [1.82, 2.24) is 9.84 Å². The van der Waals surface area contributed by atoms with E-state index in [4.69, 9.17) is 23.2 Å². The molecule has 0 unspecified atom stereocenters. The van der Waals surface area contributed by atoms with Crippen LogP contribution in [0, 0.1) is 10.1 Å². The number of nitro groups is 1. The summed E-state index contributed by atoms with van der Waals surface area (Å²) in [6, 6.07) is 4.76. The average molecular weight is 341 g/mol. The highest BCUT2D eigenvalue weighted by Crippen LogP contribution is 2.39. The summed E-state index contributed by atoms with van der Waals surface area (Å²) in [4.78, 5) is 23.2. The van der Waals surface area contributed by atoms with Gasteiger partial charge in [-0.1, -0.05) is 23.2 Å². The quantitative estimate of drug-likeness (QED) is 0.394. The number of carbonyl (C=O) groups is 1. The first-order valence-corrected chi connectivity index (χ1v) is 6.66. The Labute approximate surface area is 126 Å². The normalized spacial score (nSPS) is 15.8. The van der Waals surface area contributed by atoms with E-state index in [1.54, 1.807) is 0 Å². The molecule has 2 amide bonds. The van der Waals surface area contributed by atoms with Crippen LogP contribution in [0.4, 0.5) is 20.6 Å². The highest BCUT2D eigenvalue weighted by molar-refractivity contribution is 8.01. The molecule has 20 heavy (non-hydrogen) atoms. The van der Waals surface area contributed by atoms with E-state index in [1.807, 2.05) is 0 Å². The van der Waals surface area contributed by atoms with Gasteiger partial charge in [-0.15, -0.1) is 0 Å². The Balaban J connectivity index is 2.11. The van der Waals surface area contributed by atoms with Crippen LogP contribution in [0.1, 0.15) is 0 Å². The van der Waals surface area contributed by atoms with Crippen molar-refractivity contribution < 1.29 is 14.1 Å². The third-order valence-corrected chi connectivity index (χ3v) is 3.43. The molecule has 1 aromatic rings. The number of amides is 2. The molecule has 0 aliphatic carbocycles. The molecule has 1 fully saturated rings. The molecule has 0 bridgehead atoms. The molecule has 7 nitrogen and oxygen atoms in total. The Hall–Kier alpha value is -1.29. The van der Waals surface area contributed by atoms with Crippen molar-refractivity contribution in [2.75, 3.05) is 11.6 Å². The van der Waals surface area contributed by atoms with Crippen LogP contribution in [0.3, 0.4) is 0 Å². The van der Waals surface area contributed by atoms with Crippen LogP contribution >= 0.6 is 35.1 Å². The van der Waals surface area contributed by atoms with Crippen LogP contribution in [0.25, 0.3) is 0 Å². The summed E-state index contributed by atoms with van der Waals surface area (Å²) in [7, 11) is 0. The number of nitrogens with one attached hydrogen (secondary N) is 1.